The first-order valence-electron chi connectivity index (χ1n) is 9.71. The Balaban J connectivity index is 1.59. The summed E-state index contributed by atoms with van der Waals surface area (Å²) in [4.78, 5) is 0. The van der Waals surface area contributed by atoms with E-state index in [0.717, 1.165) is 22.9 Å². The van der Waals surface area contributed by atoms with Crippen LogP contribution in [0.3, 0.4) is 0 Å². The van der Waals surface area contributed by atoms with Crippen LogP contribution in [0.15, 0.2) is 48.7 Å². The number of benzene rings is 2. The van der Waals surface area contributed by atoms with Gasteiger partial charge in [0.15, 0.2) is 0 Å². The quantitative estimate of drug-likeness (QED) is 0.321. The second-order valence-corrected chi connectivity index (χ2v) is 9.92. The summed E-state index contributed by atoms with van der Waals surface area (Å²) in [5.74, 6) is -2.77. The van der Waals surface area contributed by atoms with E-state index >= 15 is 0 Å². The molecule has 2 aromatic carbocycles. The second kappa shape index (κ2) is 9.77. The minimum atomic E-state index is -3.24. The van der Waals surface area contributed by atoms with Crippen molar-refractivity contribution < 1.29 is 37.1 Å². The van der Waals surface area contributed by atoms with Gasteiger partial charge in [0.2, 0.25) is 0 Å². The molecule has 0 radical (unpaired) electrons. The van der Waals surface area contributed by atoms with Crippen molar-refractivity contribution in [2.45, 2.75) is 30.6 Å². The average Bonchev–Trinajstić information content (AvgIpc) is 3.27. The Morgan fingerprint density at radius 1 is 1.09 bits per heavy atom. The van der Waals surface area contributed by atoms with Crippen LogP contribution in [-0.4, -0.2) is 75.5 Å². The molecule has 1 fully saturated rings. The summed E-state index contributed by atoms with van der Waals surface area (Å²) in [6.45, 7) is -0.636. The number of hydrogen-bond donors (Lipinski definition) is 4. The van der Waals surface area contributed by atoms with Gasteiger partial charge in [-0.05, 0) is 0 Å². The van der Waals surface area contributed by atoms with Crippen molar-refractivity contribution in [3.05, 3.63) is 66.1 Å². The molecule has 4 rings (SSSR count). The zero-order valence-electron chi connectivity index (χ0n) is 16.8. The average molecular weight is 531 g/mol. The van der Waals surface area contributed by atoms with Crippen molar-refractivity contribution >= 4 is 18.5 Å². The molecule has 0 saturated carbocycles. The van der Waals surface area contributed by atoms with Crippen molar-refractivity contribution in [2.24, 2.45) is 0 Å². The molecule has 1 saturated heterocycles. The van der Waals surface area contributed by atoms with E-state index < -0.39 is 68.7 Å². The van der Waals surface area contributed by atoms with Gasteiger partial charge in [-0.1, -0.05) is 0 Å². The van der Waals surface area contributed by atoms with E-state index in [1.807, 2.05) is 0 Å². The van der Waals surface area contributed by atoms with Crippen LogP contribution in [0.1, 0.15) is 6.04 Å². The van der Waals surface area contributed by atoms with Gasteiger partial charge in [-0.3, -0.25) is 0 Å². The Morgan fingerprint density at radius 3 is 2.58 bits per heavy atom. The van der Waals surface area contributed by atoms with Crippen molar-refractivity contribution in [1.82, 2.24) is 19.3 Å². The molecule has 1 aromatic heterocycles. The minimum absolute atomic E-state index is 0.0259. The molecule has 1 aliphatic rings. The number of aromatic nitrogens is 3. The van der Waals surface area contributed by atoms with Crippen molar-refractivity contribution in [3.8, 4) is 11.3 Å². The fourth-order valence-corrected chi connectivity index (χ4v) is 5.46. The van der Waals surface area contributed by atoms with E-state index in [9.17, 15) is 32.3 Å². The SMILES string of the molecule is O=[Se](N[C@@H]1O[C@H](CO)[C@H](O)[C@H](n2cc(-c3cccc(F)c3)nn2)[C@H]1O)c1ccc(F)c(F)c1. The molecule has 0 spiro atoms. The summed E-state index contributed by atoms with van der Waals surface area (Å²) in [5, 5.41) is 39.0. The number of aliphatic hydroxyl groups is 3. The maximum absolute atomic E-state index is 13.5. The van der Waals surface area contributed by atoms with Gasteiger partial charge in [0, 0.05) is 0 Å². The molecule has 1 unspecified atom stereocenters. The molecular formula is C20H19F3N4O5Se. The molecule has 4 N–H and O–H groups in total. The number of rotatable bonds is 6. The molecule has 2 heterocycles. The Morgan fingerprint density at radius 2 is 1.88 bits per heavy atom. The fraction of sp³-hybridized carbons (Fsp3) is 0.300. The summed E-state index contributed by atoms with van der Waals surface area (Å²) in [6, 6.07) is 7.13. The monoisotopic (exact) mass is 532 g/mol. The topological polar surface area (TPSA) is 130 Å². The van der Waals surface area contributed by atoms with Gasteiger partial charge in [0.05, 0.1) is 0 Å². The third kappa shape index (κ3) is 4.89. The Labute approximate surface area is 189 Å². The summed E-state index contributed by atoms with van der Waals surface area (Å²) in [6.07, 6.45) is -4.13. The molecule has 0 bridgehead atoms. The number of hydrogen-bond acceptors (Lipinski definition) is 7. The van der Waals surface area contributed by atoms with E-state index in [0.29, 0.717) is 5.56 Å². The number of aliphatic hydroxyl groups excluding tert-OH is 3. The van der Waals surface area contributed by atoms with Crippen LogP contribution in [0.2, 0.25) is 0 Å². The van der Waals surface area contributed by atoms with Gasteiger partial charge in [-0.2, -0.15) is 0 Å². The number of nitrogens with zero attached hydrogens (tertiary/aromatic N) is 3. The molecule has 0 aliphatic carbocycles. The van der Waals surface area contributed by atoms with Gasteiger partial charge in [-0.15, -0.1) is 0 Å². The van der Waals surface area contributed by atoms with Crippen LogP contribution in [0.25, 0.3) is 11.3 Å². The van der Waals surface area contributed by atoms with E-state index in [1.54, 1.807) is 6.07 Å². The zero-order valence-corrected chi connectivity index (χ0v) is 18.5. The van der Waals surface area contributed by atoms with Crippen molar-refractivity contribution in [2.75, 3.05) is 6.61 Å². The summed E-state index contributed by atoms with van der Waals surface area (Å²) < 4.78 is 62.0. The van der Waals surface area contributed by atoms with E-state index in [2.05, 4.69) is 14.6 Å². The van der Waals surface area contributed by atoms with Crippen LogP contribution in [0, 0.1) is 17.5 Å². The molecule has 1 aliphatic heterocycles. The normalized spacial score (nSPS) is 26.3. The fourth-order valence-electron chi connectivity index (χ4n) is 3.48. The molecule has 13 heteroatoms. The molecular weight excluding hydrogens is 512 g/mol. The first kappa shape index (κ1) is 23.6. The predicted molar refractivity (Wildman–Crippen MR) is 108 cm³/mol. The van der Waals surface area contributed by atoms with E-state index in [-0.39, 0.29) is 10.2 Å². The molecule has 0 amide bonds. The van der Waals surface area contributed by atoms with Crippen LogP contribution < -0.4 is 8.79 Å². The molecule has 3 aromatic rings. The Hall–Kier alpha value is -2.51. The third-order valence-corrected chi connectivity index (χ3v) is 7.52. The zero-order chi connectivity index (χ0) is 23.7. The summed E-state index contributed by atoms with van der Waals surface area (Å²) >= 11 is -3.24. The van der Waals surface area contributed by atoms with Crippen LogP contribution >= 0.6 is 0 Å². The molecule has 6 atom stereocenters. The van der Waals surface area contributed by atoms with Crippen LogP contribution in [-0.2, 0) is 8.57 Å². The van der Waals surface area contributed by atoms with E-state index in [1.165, 1.54) is 24.4 Å². The first-order valence-corrected chi connectivity index (χ1v) is 12.1. The van der Waals surface area contributed by atoms with Crippen molar-refractivity contribution in [1.29, 1.82) is 0 Å². The van der Waals surface area contributed by atoms with Crippen molar-refractivity contribution in [3.63, 3.8) is 0 Å². The maximum atomic E-state index is 13.5. The molecule has 9 nitrogen and oxygen atoms in total. The number of nitrogens with one attached hydrogen (secondary N) is 1. The molecule has 176 valence electrons. The van der Waals surface area contributed by atoms with Gasteiger partial charge in [0.25, 0.3) is 0 Å². The van der Waals surface area contributed by atoms with Crippen LogP contribution in [0.4, 0.5) is 13.2 Å². The Kier molecular flexibility index (Phi) is 7.00. The standard InChI is InChI=1S/C20H19F3N4O5Se/c21-11-3-1-2-10(6-11)15-8-27(26-24-15)17-18(29)16(9-28)32-20(19(17)30)25-33(31)12-4-5-13(22)14(23)7-12/h1-8,16-20,25,28-30H,9H2/t16-,17+,18+,19-,20-,33?/m1/s1. The van der Waals surface area contributed by atoms with E-state index in [4.69, 9.17) is 4.74 Å². The second-order valence-electron chi connectivity index (χ2n) is 7.31. The van der Waals surface area contributed by atoms with Gasteiger partial charge in [-0.25, -0.2) is 0 Å². The summed E-state index contributed by atoms with van der Waals surface area (Å²) in [5.41, 5.74) is 0.678. The van der Waals surface area contributed by atoms with Gasteiger partial charge in [0.1, 0.15) is 0 Å². The third-order valence-electron chi connectivity index (χ3n) is 5.16. The first-order chi connectivity index (χ1) is 15.8. The number of ether oxygens (including phenoxy) is 1. The summed E-state index contributed by atoms with van der Waals surface area (Å²) in [7, 11) is 0. The van der Waals surface area contributed by atoms with Gasteiger partial charge < -0.3 is 0 Å². The number of halogens is 3. The van der Waals surface area contributed by atoms with Gasteiger partial charge >= 0.3 is 189 Å². The predicted octanol–water partition coefficient (Wildman–Crippen LogP) is -0.242. The molecule has 33 heavy (non-hydrogen) atoms. The Bertz CT molecular complexity index is 1170. The van der Waals surface area contributed by atoms with Crippen LogP contribution in [0.5, 0.6) is 0 Å².